The minimum absolute atomic E-state index is 0.139. The molecule has 0 amide bonds. The summed E-state index contributed by atoms with van der Waals surface area (Å²) < 4.78 is 25.0. The molecule has 1 saturated heterocycles. The van der Waals surface area contributed by atoms with E-state index in [1.165, 1.54) is 4.31 Å². The Hall–Kier alpha value is 0.160. The zero-order valence-electron chi connectivity index (χ0n) is 8.73. The first-order chi connectivity index (χ1) is 7.10. The molecule has 4 nitrogen and oxygen atoms in total. The molecule has 0 atom stereocenters. The highest BCUT2D eigenvalue weighted by atomic mass is 35.5. The third kappa shape index (κ3) is 3.90. The number of nitrogens with zero attached hydrogens (tertiary/aromatic N) is 1. The molecule has 1 fully saturated rings. The Balaban J connectivity index is 2.45. The van der Waals surface area contributed by atoms with Crippen LogP contribution in [-0.4, -0.2) is 49.2 Å². The Morgan fingerprint density at radius 2 is 1.93 bits per heavy atom. The fraction of sp³-hybridized carbons (Fsp3) is 1.00. The predicted molar refractivity (Wildman–Crippen MR) is 60.5 cm³/mol. The largest absolute Gasteiger partial charge is 0.396 e. The monoisotopic (exact) mass is 255 g/mol. The normalized spacial score (nSPS) is 20.7. The second-order valence-electron chi connectivity index (χ2n) is 3.88. The zero-order valence-corrected chi connectivity index (χ0v) is 10.3. The molecule has 90 valence electrons. The second-order valence-corrected chi connectivity index (χ2v) is 6.35. The van der Waals surface area contributed by atoms with Crippen molar-refractivity contribution in [3.8, 4) is 0 Å². The average molecular weight is 256 g/mol. The van der Waals surface area contributed by atoms with E-state index in [1.54, 1.807) is 0 Å². The van der Waals surface area contributed by atoms with Crippen molar-refractivity contribution in [1.29, 1.82) is 0 Å². The first kappa shape index (κ1) is 13.2. The first-order valence-corrected chi connectivity index (χ1v) is 7.39. The Kier molecular flexibility index (Phi) is 5.32. The molecule has 1 rings (SSSR count). The Bertz CT molecular complexity index is 273. The molecule has 0 aromatic heterocycles. The molecule has 1 heterocycles. The molecule has 1 N–H and O–H groups in total. The zero-order chi connectivity index (χ0) is 11.3. The molecule has 0 spiro atoms. The highest BCUT2D eigenvalue weighted by Crippen LogP contribution is 2.19. The van der Waals surface area contributed by atoms with Crippen LogP contribution in [0.4, 0.5) is 0 Å². The minimum Gasteiger partial charge on any atom is -0.396 e. The van der Waals surface area contributed by atoms with Gasteiger partial charge in [-0.05, 0) is 25.2 Å². The van der Waals surface area contributed by atoms with Crippen molar-refractivity contribution in [2.75, 3.05) is 31.3 Å². The number of hydrogen-bond donors (Lipinski definition) is 1. The summed E-state index contributed by atoms with van der Waals surface area (Å²) in [6.07, 6.45) is 2.02. The van der Waals surface area contributed by atoms with E-state index < -0.39 is 10.0 Å². The maximum absolute atomic E-state index is 11.7. The van der Waals surface area contributed by atoms with Crippen LogP contribution in [0, 0.1) is 5.92 Å². The second kappa shape index (κ2) is 6.03. The summed E-state index contributed by atoms with van der Waals surface area (Å²) in [4.78, 5) is 0. The average Bonchev–Trinajstić information content (AvgIpc) is 2.26. The third-order valence-electron chi connectivity index (χ3n) is 2.76. The molecule has 0 bridgehead atoms. The highest BCUT2D eigenvalue weighted by molar-refractivity contribution is 7.89. The van der Waals surface area contributed by atoms with Gasteiger partial charge in [-0.25, -0.2) is 12.7 Å². The topological polar surface area (TPSA) is 57.6 Å². The van der Waals surface area contributed by atoms with Crippen molar-refractivity contribution >= 4 is 21.6 Å². The van der Waals surface area contributed by atoms with E-state index >= 15 is 0 Å². The molecule has 0 radical (unpaired) electrons. The summed E-state index contributed by atoms with van der Waals surface area (Å²) in [5.74, 6) is 0.788. The van der Waals surface area contributed by atoms with Crippen LogP contribution in [0.15, 0.2) is 0 Å². The molecule has 0 aromatic carbocycles. The summed E-state index contributed by atoms with van der Waals surface area (Å²) >= 11 is 5.48. The van der Waals surface area contributed by atoms with Crippen LogP contribution < -0.4 is 0 Å². The summed E-state index contributed by atoms with van der Waals surface area (Å²) in [7, 11) is -3.11. The van der Waals surface area contributed by atoms with Gasteiger partial charge in [0.2, 0.25) is 10.0 Å². The molecule has 0 aliphatic carbocycles. The van der Waals surface area contributed by atoms with Gasteiger partial charge in [-0.1, -0.05) is 0 Å². The summed E-state index contributed by atoms with van der Waals surface area (Å²) in [6, 6.07) is 0. The molecule has 0 saturated carbocycles. The van der Waals surface area contributed by atoms with E-state index in [0.717, 1.165) is 12.8 Å². The smallest absolute Gasteiger partial charge is 0.214 e. The van der Waals surface area contributed by atoms with E-state index in [-0.39, 0.29) is 18.3 Å². The SMILES string of the molecule is O=S(=O)(CCCCl)N1CCC(CO)CC1. The van der Waals surface area contributed by atoms with Crippen molar-refractivity contribution in [3.63, 3.8) is 0 Å². The fourth-order valence-electron chi connectivity index (χ4n) is 1.74. The number of rotatable bonds is 5. The van der Waals surface area contributed by atoms with E-state index in [4.69, 9.17) is 16.7 Å². The van der Waals surface area contributed by atoms with Crippen molar-refractivity contribution in [3.05, 3.63) is 0 Å². The van der Waals surface area contributed by atoms with Gasteiger partial charge in [-0.15, -0.1) is 11.6 Å². The Morgan fingerprint density at radius 3 is 2.40 bits per heavy atom. The van der Waals surface area contributed by atoms with Crippen LogP contribution in [0.1, 0.15) is 19.3 Å². The van der Waals surface area contributed by atoms with Gasteiger partial charge in [-0.2, -0.15) is 0 Å². The predicted octanol–water partition coefficient (Wildman–Crippen LogP) is 0.649. The Labute approximate surface area is 96.3 Å². The number of aliphatic hydroxyl groups excluding tert-OH is 1. The van der Waals surface area contributed by atoms with Gasteiger partial charge in [0.15, 0.2) is 0 Å². The number of piperidine rings is 1. The number of sulfonamides is 1. The van der Waals surface area contributed by atoms with Crippen molar-refractivity contribution in [1.82, 2.24) is 4.31 Å². The van der Waals surface area contributed by atoms with Crippen LogP contribution in [-0.2, 0) is 10.0 Å². The van der Waals surface area contributed by atoms with Gasteiger partial charge in [0.25, 0.3) is 0 Å². The molecule has 0 unspecified atom stereocenters. The van der Waals surface area contributed by atoms with Crippen molar-refractivity contribution < 1.29 is 13.5 Å². The number of hydrogen-bond acceptors (Lipinski definition) is 3. The van der Waals surface area contributed by atoms with Crippen LogP contribution in [0.25, 0.3) is 0 Å². The fourth-order valence-corrected chi connectivity index (χ4v) is 3.56. The molecule has 6 heteroatoms. The number of aliphatic hydroxyl groups is 1. The molecule has 1 aliphatic rings. The lowest BCUT2D eigenvalue weighted by Gasteiger charge is -2.30. The molecular weight excluding hydrogens is 238 g/mol. The van der Waals surface area contributed by atoms with Gasteiger partial charge < -0.3 is 5.11 Å². The van der Waals surface area contributed by atoms with E-state index in [0.29, 0.717) is 25.4 Å². The standard InChI is InChI=1S/C9H18ClNO3S/c10-4-1-7-15(13,14)11-5-2-9(8-12)3-6-11/h9,12H,1-8H2. The van der Waals surface area contributed by atoms with Gasteiger partial charge in [-0.3, -0.25) is 0 Å². The first-order valence-electron chi connectivity index (χ1n) is 5.25. The van der Waals surface area contributed by atoms with Gasteiger partial charge >= 0.3 is 0 Å². The van der Waals surface area contributed by atoms with Gasteiger partial charge in [0.1, 0.15) is 0 Å². The summed E-state index contributed by atoms with van der Waals surface area (Å²) in [6.45, 7) is 1.24. The molecule has 15 heavy (non-hydrogen) atoms. The maximum Gasteiger partial charge on any atom is 0.214 e. The van der Waals surface area contributed by atoms with Crippen LogP contribution >= 0.6 is 11.6 Å². The summed E-state index contributed by atoms with van der Waals surface area (Å²) in [5, 5.41) is 8.94. The highest BCUT2D eigenvalue weighted by Gasteiger charge is 2.26. The van der Waals surface area contributed by atoms with Crippen molar-refractivity contribution in [2.24, 2.45) is 5.92 Å². The van der Waals surface area contributed by atoms with E-state index in [2.05, 4.69) is 0 Å². The molecular formula is C9H18ClNO3S. The molecule has 1 aliphatic heterocycles. The van der Waals surface area contributed by atoms with Gasteiger partial charge in [0.05, 0.1) is 5.75 Å². The summed E-state index contributed by atoms with van der Waals surface area (Å²) in [5.41, 5.74) is 0. The maximum atomic E-state index is 11.7. The Morgan fingerprint density at radius 1 is 1.33 bits per heavy atom. The number of halogens is 1. The van der Waals surface area contributed by atoms with Crippen molar-refractivity contribution in [2.45, 2.75) is 19.3 Å². The van der Waals surface area contributed by atoms with E-state index in [9.17, 15) is 8.42 Å². The van der Waals surface area contributed by atoms with E-state index in [1.807, 2.05) is 0 Å². The number of alkyl halides is 1. The van der Waals surface area contributed by atoms with Crippen LogP contribution in [0.3, 0.4) is 0 Å². The van der Waals surface area contributed by atoms with Crippen LogP contribution in [0.2, 0.25) is 0 Å². The lowest BCUT2D eigenvalue weighted by atomic mass is 10.00. The third-order valence-corrected chi connectivity index (χ3v) is 4.98. The lowest BCUT2D eigenvalue weighted by molar-refractivity contribution is 0.170. The van der Waals surface area contributed by atoms with Gasteiger partial charge in [0, 0.05) is 25.6 Å². The quantitative estimate of drug-likeness (QED) is 0.734. The van der Waals surface area contributed by atoms with Crippen LogP contribution in [0.5, 0.6) is 0 Å². The minimum atomic E-state index is -3.11. The lowest BCUT2D eigenvalue weighted by Crippen LogP contribution is -2.40. The molecule has 0 aromatic rings.